The van der Waals surface area contributed by atoms with Gasteiger partial charge in [0.05, 0.1) is 4.92 Å². The van der Waals surface area contributed by atoms with Crippen LogP contribution in [0.5, 0.6) is 5.75 Å². The second-order valence-electron chi connectivity index (χ2n) is 4.61. The quantitative estimate of drug-likeness (QED) is 0.555. The Kier molecular flexibility index (Phi) is 3.78. The molecule has 1 fully saturated rings. The van der Waals surface area contributed by atoms with Gasteiger partial charge in [0.1, 0.15) is 5.75 Å². The molecule has 1 atom stereocenters. The van der Waals surface area contributed by atoms with E-state index in [0.29, 0.717) is 5.56 Å². The molecular weight excluding hydrogens is 234 g/mol. The van der Waals surface area contributed by atoms with Crippen LogP contribution in [0.4, 0.5) is 5.69 Å². The van der Waals surface area contributed by atoms with Crippen LogP contribution >= 0.6 is 0 Å². The van der Waals surface area contributed by atoms with Crippen LogP contribution in [0.3, 0.4) is 0 Å². The van der Waals surface area contributed by atoms with Gasteiger partial charge < -0.3 is 16.2 Å². The van der Waals surface area contributed by atoms with E-state index in [9.17, 15) is 15.2 Å². The summed E-state index contributed by atoms with van der Waals surface area (Å²) in [5, 5.41) is 23.8. The number of nitro groups is 1. The van der Waals surface area contributed by atoms with Gasteiger partial charge in [-0.1, -0.05) is 0 Å². The van der Waals surface area contributed by atoms with E-state index in [4.69, 9.17) is 5.73 Å². The number of piperidine rings is 1. The molecule has 4 N–H and O–H groups in total. The molecule has 98 valence electrons. The molecule has 0 spiro atoms. The first-order valence-electron chi connectivity index (χ1n) is 6.03. The average Bonchev–Trinajstić information content (AvgIpc) is 2.39. The second kappa shape index (κ2) is 5.32. The Morgan fingerprint density at radius 1 is 1.44 bits per heavy atom. The van der Waals surface area contributed by atoms with Gasteiger partial charge in [-0.3, -0.25) is 10.1 Å². The molecule has 1 aromatic carbocycles. The highest BCUT2D eigenvalue weighted by atomic mass is 16.6. The highest BCUT2D eigenvalue weighted by molar-refractivity contribution is 5.44. The van der Waals surface area contributed by atoms with Crippen LogP contribution in [0, 0.1) is 16.0 Å². The first-order valence-corrected chi connectivity index (χ1v) is 6.03. The first kappa shape index (κ1) is 12.8. The third-order valence-electron chi connectivity index (χ3n) is 3.47. The summed E-state index contributed by atoms with van der Waals surface area (Å²) >= 11 is 0. The number of nitrogens with one attached hydrogen (secondary N) is 1. The van der Waals surface area contributed by atoms with E-state index in [1.54, 1.807) is 0 Å². The number of phenols is 1. The minimum absolute atomic E-state index is 0.0339. The summed E-state index contributed by atoms with van der Waals surface area (Å²) in [6, 6.07) is 3.65. The van der Waals surface area contributed by atoms with Gasteiger partial charge in [0.15, 0.2) is 0 Å². The lowest BCUT2D eigenvalue weighted by Gasteiger charge is -2.28. The second-order valence-corrected chi connectivity index (χ2v) is 4.61. The third kappa shape index (κ3) is 2.60. The number of nitrogens with two attached hydrogens (primary N) is 1. The Morgan fingerprint density at radius 3 is 2.72 bits per heavy atom. The summed E-state index contributed by atoms with van der Waals surface area (Å²) < 4.78 is 0. The molecule has 1 aliphatic rings. The summed E-state index contributed by atoms with van der Waals surface area (Å²) in [5.41, 5.74) is 6.56. The zero-order valence-corrected chi connectivity index (χ0v) is 10.0. The Labute approximate surface area is 105 Å². The largest absolute Gasteiger partial charge is 0.508 e. The number of non-ortho nitro benzene ring substituents is 1. The fourth-order valence-corrected chi connectivity index (χ4v) is 2.38. The maximum atomic E-state index is 10.7. The van der Waals surface area contributed by atoms with E-state index >= 15 is 0 Å². The molecule has 0 radical (unpaired) electrons. The zero-order valence-electron chi connectivity index (χ0n) is 10.0. The molecule has 0 unspecified atom stereocenters. The number of aromatic hydroxyl groups is 1. The summed E-state index contributed by atoms with van der Waals surface area (Å²) in [4.78, 5) is 10.3. The lowest BCUT2D eigenvalue weighted by Crippen LogP contribution is -2.33. The Bertz CT molecular complexity index is 444. The maximum absolute atomic E-state index is 10.7. The molecule has 6 nitrogen and oxygen atoms in total. The predicted molar refractivity (Wildman–Crippen MR) is 67.3 cm³/mol. The van der Waals surface area contributed by atoms with E-state index in [2.05, 4.69) is 5.32 Å². The molecule has 0 aromatic heterocycles. The van der Waals surface area contributed by atoms with Crippen LogP contribution in [0.1, 0.15) is 24.4 Å². The SMILES string of the molecule is N[C@@H](c1cc([N+](=O)[O-])ccc1O)C1CCNCC1. The van der Waals surface area contributed by atoms with Crippen LogP contribution in [0.15, 0.2) is 18.2 Å². The maximum Gasteiger partial charge on any atom is 0.270 e. The van der Waals surface area contributed by atoms with Crippen molar-refractivity contribution in [3.05, 3.63) is 33.9 Å². The van der Waals surface area contributed by atoms with Gasteiger partial charge in [-0.15, -0.1) is 0 Å². The van der Waals surface area contributed by atoms with Crippen LogP contribution < -0.4 is 11.1 Å². The van der Waals surface area contributed by atoms with Gasteiger partial charge in [0.2, 0.25) is 0 Å². The molecule has 1 heterocycles. The minimum Gasteiger partial charge on any atom is -0.508 e. The molecule has 0 saturated carbocycles. The highest BCUT2D eigenvalue weighted by Gasteiger charge is 2.25. The number of hydrogen-bond donors (Lipinski definition) is 3. The fourth-order valence-electron chi connectivity index (χ4n) is 2.38. The fraction of sp³-hybridized carbons (Fsp3) is 0.500. The monoisotopic (exact) mass is 251 g/mol. The molecule has 6 heteroatoms. The lowest BCUT2D eigenvalue weighted by atomic mass is 9.86. The van der Waals surface area contributed by atoms with Crippen LogP contribution in [-0.2, 0) is 0 Å². The predicted octanol–water partition coefficient (Wildman–Crippen LogP) is 1.30. The summed E-state index contributed by atoms with van der Waals surface area (Å²) in [7, 11) is 0. The topological polar surface area (TPSA) is 101 Å². The van der Waals surface area contributed by atoms with Crippen molar-refractivity contribution < 1.29 is 10.0 Å². The zero-order chi connectivity index (χ0) is 13.1. The van der Waals surface area contributed by atoms with Crippen molar-refractivity contribution in [1.82, 2.24) is 5.32 Å². The Hall–Kier alpha value is -1.66. The van der Waals surface area contributed by atoms with E-state index in [1.165, 1.54) is 18.2 Å². The van der Waals surface area contributed by atoms with Gasteiger partial charge in [-0.25, -0.2) is 0 Å². The number of nitrogens with zero attached hydrogens (tertiary/aromatic N) is 1. The normalized spacial score (nSPS) is 18.5. The molecule has 1 saturated heterocycles. The number of nitro benzene ring substituents is 1. The molecule has 18 heavy (non-hydrogen) atoms. The van der Waals surface area contributed by atoms with E-state index < -0.39 is 4.92 Å². The Morgan fingerprint density at radius 2 is 2.11 bits per heavy atom. The van der Waals surface area contributed by atoms with Gasteiger partial charge in [-0.2, -0.15) is 0 Å². The van der Waals surface area contributed by atoms with Crippen LogP contribution in [-0.4, -0.2) is 23.1 Å². The van der Waals surface area contributed by atoms with Gasteiger partial charge >= 0.3 is 0 Å². The molecule has 0 aliphatic carbocycles. The lowest BCUT2D eigenvalue weighted by molar-refractivity contribution is -0.385. The van der Waals surface area contributed by atoms with E-state index in [1.807, 2.05) is 0 Å². The van der Waals surface area contributed by atoms with Crippen molar-refractivity contribution in [2.45, 2.75) is 18.9 Å². The first-order chi connectivity index (χ1) is 8.59. The molecule has 0 amide bonds. The van der Waals surface area contributed by atoms with Gasteiger partial charge in [0, 0.05) is 23.7 Å². The smallest absolute Gasteiger partial charge is 0.270 e. The minimum atomic E-state index is -0.474. The van der Waals surface area contributed by atoms with Crippen molar-refractivity contribution in [3.63, 3.8) is 0 Å². The Balaban J connectivity index is 2.25. The van der Waals surface area contributed by atoms with Crippen molar-refractivity contribution in [2.24, 2.45) is 11.7 Å². The average molecular weight is 251 g/mol. The number of benzene rings is 1. The van der Waals surface area contributed by atoms with Crippen molar-refractivity contribution in [2.75, 3.05) is 13.1 Å². The van der Waals surface area contributed by atoms with Gasteiger partial charge in [0.25, 0.3) is 5.69 Å². The number of rotatable bonds is 3. The summed E-state index contributed by atoms with van der Waals surface area (Å²) in [5.74, 6) is 0.283. The number of hydrogen-bond acceptors (Lipinski definition) is 5. The van der Waals surface area contributed by atoms with Crippen LogP contribution in [0.25, 0.3) is 0 Å². The van der Waals surface area contributed by atoms with E-state index in [0.717, 1.165) is 25.9 Å². The summed E-state index contributed by atoms with van der Waals surface area (Å²) in [6.07, 6.45) is 1.84. The molecule has 2 rings (SSSR count). The van der Waals surface area contributed by atoms with Crippen molar-refractivity contribution in [1.29, 1.82) is 0 Å². The molecular formula is C12H17N3O3. The highest BCUT2D eigenvalue weighted by Crippen LogP contribution is 2.34. The molecule has 1 aliphatic heterocycles. The van der Waals surface area contributed by atoms with Crippen molar-refractivity contribution in [3.8, 4) is 5.75 Å². The standard InChI is InChI=1S/C12H17N3O3/c13-12(8-3-5-14-6-4-8)10-7-9(15(17)18)1-2-11(10)16/h1-2,7-8,12,14,16H,3-6,13H2/t12-/m1/s1. The molecule has 1 aromatic rings. The van der Waals surface area contributed by atoms with E-state index in [-0.39, 0.29) is 23.4 Å². The van der Waals surface area contributed by atoms with Crippen LogP contribution in [0.2, 0.25) is 0 Å². The van der Waals surface area contributed by atoms with Crippen molar-refractivity contribution >= 4 is 5.69 Å². The molecule has 0 bridgehead atoms. The van der Waals surface area contributed by atoms with Gasteiger partial charge in [-0.05, 0) is 37.9 Å². The third-order valence-corrected chi connectivity index (χ3v) is 3.47. The number of phenolic OH excluding ortho intramolecular Hbond substituents is 1. The summed E-state index contributed by atoms with van der Waals surface area (Å²) in [6.45, 7) is 1.79.